The number of rotatable bonds is 9. The molecule has 2 N–H and O–H groups in total. The Morgan fingerprint density at radius 3 is 2.51 bits per heavy atom. The van der Waals surface area contributed by atoms with Gasteiger partial charge in [-0.05, 0) is 49.1 Å². The van der Waals surface area contributed by atoms with Gasteiger partial charge in [0.05, 0.1) is 11.2 Å². The van der Waals surface area contributed by atoms with E-state index in [4.69, 9.17) is 0 Å². The molecule has 0 spiro atoms. The summed E-state index contributed by atoms with van der Waals surface area (Å²) in [7, 11) is 2.18. The van der Waals surface area contributed by atoms with Gasteiger partial charge in [-0.1, -0.05) is 128 Å². The van der Waals surface area contributed by atoms with Crippen LogP contribution in [0.25, 0.3) is 32.9 Å². The molecule has 206 valence electrons. The van der Waals surface area contributed by atoms with Gasteiger partial charge in [0.2, 0.25) is 0 Å². The van der Waals surface area contributed by atoms with Crippen molar-refractivity contribution in [3.8, 4) is 11.1 Å². The topological polar surface area (TPSA) is 31.1 Å². The Kier molecular flexibility index (Phi) is 8.55. The van der Waals surface area contributed by atoms with Crippen LogP contribution in [0.5, 0.6) is 0 Å². The molecule has 0 aliphatic carbocycles. The zero-order valence-electron chi connectivity index (χ0n) is 24.4. The molecule has 41 heavy (non-hydrogen) atoms. The Morgan fingerprint density at radius 2 is 1.73 bits per heavy atom. The fourth-order valence-electron chi connectivity index (χ4n) is 5.50. The molecule has 0 radical (unpaired) electrons. The number of nitrogens with zero attached hydrogens (tertiary/aromatic N) is 1. The molecule has 2 unspecified atom stereocenters. The molecule has 0 bridgehead atoms. The van der Waals surface area contributed by atoms with E-state index in [0.717, 1.165) is 16.7 Å². The molecule has 1 aliphatic heterocycles. The third-order valence-corrected chi connectivity index (χ3v) is 7.87. The molecule has 3 heteroatoms. The quantitative estimate of drug-likeness (QED) is 0.208. The average Bonchev–Trinajstić information content (AvgIpc) is 3.40. The predicted molar refractivity (Wildman–Crippen MR) is 179 cm³/mol. The van der Waals surface area contributed by atoms with Crippen molar-refractivity contribution < 1.29 is 0 Å². The molecule has 2 heterocycles. The normalized spacial score (nSPS) is 16.9. The Hall–Kier alpha value is -4.76. The van der Waals surface area contributed by atoms with Crippen LogP contribution >= 0.6 is 0 Å². The summed E-state index contributed by atoms with van der Waals surface area (Å²) in [5.41, 5.74) is 9.40. The third kappa shape index (κ3) is 5.76. The highest BCUT2D eigenvalue weighted by Gasteiger charge is 2.24. The average molecular weight is 538 g/mol. The smallest absolute Gasteiger partial charge is 0.118 e. The van der Waals surface area contributed by atoms with Gasteiger partial charge in [-0.15, -0.1) is 0 Å². The van der Waals surface area contributed by atoms with Crippen molar-refractivity contribution in [3.05, 3.63) is 151 Å². The molecule has 1 aromatic heterocycles. The van der Waals surface area contributed by atoms with Crippen molar-refractivity contribution in [3.63, 3.8) is 0 Å². The standard InChI is InChI=1S/C38H39N3/c1-6-8-11-17-27(3)28(4)30(20-9-7-2)34-23-16-24-36(39-34)41(5)38-31(29-18-12-10-13-19-29)25-26-33-32-21-14-15-22-35(32)40-37(33)38/h6-27,36,39-40H,2H2,1,3-5H3/b8-6-,17-11-,20-9-,30-28+. The van der Waals surface area contributed by atoms with Crippen LogP contribution in [0.2, 0.25) is 0 Å². The number of allylic oxidation sites excluding steroid dienone is 10. The first kappa shape index (κ1) is 27.8. The summed E-state index contributed by atoms with van der Waals surface area (Å²) in [4.78, 5) is 6.09. The van der Waals surface area contributed by atoms with Gasteiger partial charge in [-0.2, -0.15) is 0 Å². The van der Waals surface area contributed by atoms with E-state index in [0.29, 0.717) is 0 Å². The van der Waals surface area contributed by atoms with Crippen molar-refractivity contribution in [1.29, 1.82) is 0 Å². The van der Waals surface area contributed by atoms with E-state index in [1.807, 2.05) is 19.1 Å². The molecule has 0 saturated heterocycles. The van der Waals surface area contributed by atoms with Crippen LogP contribution in [-0.4, -0.2) is 18.2 Å². The highest BCUT2D eigenvalue weighted by Crippen LogP contribution is 2.40. The second kappa shape index (κ2) is 12.6. The molecule has 0 amide bonds. The van der Waals surface area contributed by atoms with E-state index in [1.54, 1.807) is 0 Å². The molecular weight excluding hydrogens is 498 g/mol. The van der Waals surface area contributed by atoms with E-state index < -0.39 is 0 Å². The summed E-state index contributed by atoms with van der Waals surface area (Å²) >= 11 is 0. The minimum Gasteiger partial charge on any atom is -0.361 e. The van der Waals surface area contributed by atoms with Gasteiger partial charge < -0.3 is 15.2 Å². The number of H-pyrrole nitrogens is 1. The molecule has 3 nitrogen and oxygen atoms in total. The van der Waals surface area contributed by atoms with E-state index in [1.165, 1.54) is 38.7 Å². The number of dihydropyridines is 1. The first-order valence-electron chi connectivity index (χ1n) is 14.3. The van der Waals surface area contributed by atoms with Crippen molar-refractivity contribution in [2.45, 2.75) is 26.9 Å². The fourth-order valence-corrected chi connectivity index (χ4v) is 5.50. The van der Waals surface area contributed by atoms with Crippen LogP contribution in [-0.2, 0) is 0 Å². The summed E-state index contributed by atoms with van der Waals surface area (Å²) in [6.07, 6.45) is 21.0. The Bertz CT molecular complexity index is 1720. The highest BCUT2D eigenvalue weighted by atomic mass is 15.3. The van der Waals surface area contributed by atoms with Crippen LogP contribution in [0.3, 0.4) is 0 Å². The molecule has 3 aromatic carbocycles. The maximum absolute atomic E-state index is 3.91. The van der Waals surface area contributed by atoms with Crippen molar-refractivity contribution in [2.75, 3.05) is 11.9 Å². The number of aromatic nitrogens is 1. The molecule has 1 aliphatic rings. The number of anilines is 1. The van der Waals surface area contributed by atoms with E-state index >= 15 is 0 Å². The van der Waals surface area contributed by atoms with Crippen molar-refractivity contribution >= 4 is 27.5 Å². The van der Waals surface area contributed by atoms with Crippen LogP contribution < -0.4 is 10.2 Å². The molecule has 0 fully saturated rings. The van der Waals surface area contributed by atoms with Crippen LogP contribution in [0.1, 0.15) is 20.8 Å². The van der Waals surface area contributed by atoms with Crippen LogP contribution in [0.4, 0.5) is 5.69 Å². The van der Waals surface area contributed by atoms with E-state index in [9.17, 15) is 0 Å². The number of likely N-dealkylation sites (N-methyl/N-ethyl adjacent to an activating group) is 1. The molecule has 5 rings (SSSR count). The first-order chi connectivity index (χ1) is 20.0. The molecule has 0 saturated carbocycles. The largest absolute Gasteiger partial charge is 0.361 e. The minimum absolute atomic E-state index is 0.0525. The SMILES string of the molecule is C=C/C=C\C(C1=CC=CC(N(C)c2c(-c3ccccc3)ccc3c2[nH]c2ccccc23)N1)=C(\C)C(C)/C=C\C=C/C. The maximum atomic E-state index is 3.91. The van der Waals surface area contributed by atoms with Gasteiger partial charge in [0, 0.05) is 34.6 Å². The molecular formula is C38H39N3. The van der Waals surface area contributed by atoms with Gasteiger partial charge in [0.25, 0.3) is 0 Å². The van der Waals surface area contributed by atoms with Crippen molar-refractivity contribution in [2.24, 2.45) is 5.92 Å². The lowest BCUT2D eigenvalue weighted by atomic mass is 9.93. The number of benzene rings is 3. The van der Waals surface area contributed by atoms with E-state index in [-0.39, 0.29) is 12.1 Å². The first-order valence-corrected chi connectivity index (χ1v) is 14.3. The lowest BCUT2D eigenvalue weighted by Gasteiger charge is -2.34. The Morgan fingerprint density at radius 1 is 0.951 bits per heavy atom. The summed E-state index contributed by atoms with van der Waals surface area (Å²) in [5.74, 6) is 0.283. The van der Waals surface area contributed by atoms with Crippen LogP contribution in [0.15, 0.2) is 151 Å². The number of nitrogens with one attached hydrogen (secondary N) is 2. The number of hydrogen-bond acceptors (Lipinski definition) is 2. The minimum atomic E-state index is -0.0525. The summed E-state index contributed by atoms with van der Waals surface area (Å²) in [6, 6.07) is 23.7. The summed E-state index contributed by atoms with van der Waals surface area (Å²) in [5, 5.41) is 6.31. The summed E-state index contributed by atoms with van der Waals surface area (Å²) in [6.45, 7) is 10.4. The monoisotopic (exact) mass is 537 g/mol. The summed E-state index contributed by atoms with van der Waals surface area (Å²) < 4.78 is 0. The van der Waals surface area contributed by atoms with Gasteiger partial charge in [0.1, 0.15) is 6.17 Å². The van der Waals surface area contributed by atoms with E-state index in [2.05, 4.69) is 158 Å². The fraction of sp³-hybridized carbons (Fsp3) is 0.158. The number of aromatic amines is 1. The zero-order chi connectivity index (χ0) is 28.8. The second-order valence-corrected chi connectivity index (χ2v) is 10.5. The highest BCUT2D eigenvalue weighted by molar-refractivity contribution is 6.14. The Labute approximate surface area is 244 Å². The van der Waals surface area contributed by atoms with Gasteiger partial charge in [0.15, 0.2) is 0 Å². The number of para-hydroxylation sites is 1. The molecule has 2 atom stereocenters. The lowest BCUT2D eigenvalue weighted by Crippen LogP contribution is -2.43. The predicted octanol–water partition coefficient (Wildman–Crippen LogP) is 9.62. The van der Waals surface area contributed by atoms with Crippen molar-refractivity contribution in [1.82, 2.24) is 10.3 Å². The molecule has 4 aromatic rings. The lowest BCUT2D eigenvalue weighted by molar-refractivity contribution is 0.652. The van der Waals surface area contributed by atoms with Gasteiger partial charge in [-0.3, -0.25) is 0 Å². The van der Waals surface area contributed by atoms with Gasteiger partial charge >= 0.3 is 0 Å². The van der Waals surface area contributed by atoms with Gasteiger partial charge in [-0.25, -0.2) is 0 Å². The maximum Gasteiger partial charge on any atom is 0.118 e. The van der Waals surface area contributed by atoms with Crippen LogP contribution in [0, 0.1) is 5.92 Å². The third-order valence-electron chi connectivity index (χ3n) is 7.87. The number of hydrogen-bond donors (Lipinski definition) is 2. The zero-order valence-corrected chi connectivity index (χ0v) is 24.4. The Balaban J connectivity index is 1.58. The number of fused-ring (bicyclic) bond motifs is 3. The second-order valence-electron chi connectivity index (χ2n) is 10.5.